The van der Waals surface area contributed by atoms with Crippen LogP contribution in [0.1, 0.15) is 0 Å². The molecule has 10 aromatic carbocycles. The second-order valence-corrected chi connectivity index (χ2v) is 12.9. The van der Waals surface area contributed by atoms with Gasteiger partial charge in [0.15, 0.2) is 0 Å². The van der Waals surface area contributed by atoms with Crippen molar-refractivity contribution in [1.29, 1.82) is 0 Å². The summed E-state index contributed by atoms with van der Waals surface area (Å²) in [5, 5.41) is 15.3. The molecule has 0 unspecified atom stereocenters. The predicted molar refractivity (Wildman–Crippen MR) is 208 cm³/mol. The summed E-state index contributed by atoms with van der Waals surface area (Å²) in [6.45, 7) is 0. The van der Waals surface area contributed by atoms with E-state index in [2.05, 4.69) is 182 Å². The van der Waals surface area contributed by atoms with Gasteiger partial charge in [0.05, 0.1) is 0 Å². The van der Waals surface area contributed by atoms with Gasteiger partial charge in [-0.3, -0.25) is 0 Å². The molecule has 0 fully saturated rings. The van der Waals surface area contributed by atoms with Crippen LogP contribution in [0.3, 0.4) is 0 Å². The smallest absolute Gasteiger partial charge is 0.00986 e. The van der Waals surface area contributed by atoms with Crippen LogP contribution in [0.15, 0.2) is 182 Å². The minimum atomic E-state index is 1.22. The van der Waals surface area contributed by atoms with Crippen LogP contribution in [0.2, 0.25) is 0 Å². The molecule has 222 valence electrons. The maximum atomic E-state index is 2.41. The molecule has 0 nitrogen and oxygen atoms in total. The molecule has 48 heavy (non-hydrogen) atoms. The first-order valence-corrected chi connectivity index (χ1v) is 16.7. The van der Waals surface area contributed by atoms with Crippen LogP contribution in [-0.2, 0) is 0 Å². The molecule has 0 atom stereocenters. The molecule has 0 aromatic heterocycles. The lowest BCUT2D eigenvalue weighted by Crippen LogP contribution is -1.91. The molecule has 10 rings (SSSR count). The first-order valence-electron chi connectivity index (χ1n) is 16.7. The highest BCUT2D eigenvalue weighted by Gasteiger charge is 2.16. The van der Waals surface area contributed by atoms with Crippen molar-refractivity contribution in [3.05, 3.63) is 182 Å². The van der Waals surface area contributed by atoms with Crippen molar-refractivity contribution in [2.24, 2.45) is 0 Å². The average molecular weight is 607 g/mol. The van der Waals surface area contributed by atoms with Crippen LogP contribution in [0.5, 0.6) is 0 Å². The Balaban J connectivity index is 1.32. The molecular weight excluding hydrogens is 577 g/mol. The van der Waals surface area contributed by atoms with E-state index in [1.54, 1.807) is 0 Å². The molecule has 0 radical (unpaired) electrons. The average Bonchev–Trinajstić information content (AvgIpc) is 3.16. The van der Waals surface area contributed by atoms with Gasteiger partial charge in [0.25, 0.3) is 0 Å². The lowest BCUT2D eigenvalue weighted by molar-refractivity contribution is 1.62. The van der Waals surface area contributed by atoms with Gasteiger partial charge in [-0.2, -0.15) is 0 Å². The van der Waals surface area contributed by atoms with E-state index in [9.17, 15) is 0 Å². The van der Waals surface area contributed by atoms with E-state index in [1.165, 1.54) is 98.0 Å². The van der Waals surface area contributed by atoms with E-state index in [0.29, 0.717) is 0 Å². The normalized spacial score (nSPS) is 11.8. The molecule has 0 aliphatic carbocycles. The van der Waals surface area contributed by atoms with Crippen molar-refractivity contribution >= 4 is 64.6 Å². The fourth-order valence-corrected chi connectivity index (χ4v) is 7.97. The van der Waals surface area contributed by atoms with E-state index in [1.807, 2.05) is 0 Å². The highest BCUT2D eigenvalue weighted by atomic mass is 14.2. The van der Waals surface area contributed by atoms with E-state index >= 15 is 0 Å². The third-order valence-corrected chi connectivity index (χ3v) is 10.2. The Bertz CT molecular complexity index is 2750. The summed E-state index contributed by atoms with van der Waals surface area (Å²) in [6, 6.07) is 67.3. The minimum absolute atomic E-state index is 1.22. The summed E-state index contributed by atoms with van der Waals surface area (Å²) < 4.78 is 0. The molecule has 0 heterocycles. The molecule has 0 aliphatic heterocycles. The summed E-state index contributed by atoms with van der Waals surface area (Å²) in [7, 11) is 0. The summed E-state index contributed by atoms with van der Waals surface area (Å²) in [5.41, 5.74) is 7.42. The van der Waals surface area contributed by atoms with Crippen molar-refractivity contribution in [1.82, 2.24) is 0 Å². The Labute approximate surface area is 279 Å². The molecular formula is C48H30. The molecule has 0 amide bonds. The number of benzene rings is 10. The van der Waals surface area contributed by atoms with Crippen LogP contribution < -0.4 is 0 Å². The van der Waals surface area contributed by atoms with Gasteiger partial charge in [-0.15, -0.1) is 0 Å². The van der Waals surface area contributed by atoms with Crippen LogP contribution in [0, 0.1) is 0 Å². The molecule has 0 heteroatoms. The topological polar surface area (TPSA) is 0 Å². The predicted octanol–water partition coefficient (Wildman–Crippen LogP) is 13.6. The number of rotatable bonds is 3. The molecule has 0 N–H and O–H groups in total. The Hall–Kier alpha value is -6.24. The largest absolute Gasteiger partial charge is 0.0616 e. The van der Waals surface area contributed by atoms with Gasteiger partial charge >= 0.3 is 0 Å². The third kappa shape index (κ3) is 4.16. The van der Waals surface area contributed by atoms with Crippen LogP contribution in [0.4, 0.5) is 0 Å². The maximum Gasteiger partial charge on any atom is -0.00986 e. The van der Waals surface area contributed by atoms with Gasteiger partial charge in [-0.1, -0.05) is 152 Å². The number of hydrogen-bond donors (Lipinski definition) is 0. The van der Waals surface area contributed by atoms with Crippen LogP contribution >= 0.6 is 0 Å². The summed E-state index contributed by atoms with van der Waals surface area (Å²) in [6.07, 6.45) is 0. The lowest BCUT2D eigenvalue weighted by Gasteiger charge is -2.17. The summed E-state index contributed by atoms with van der Waals surface area (Å²) in [4.78, 5) is 0. The van der Waals surface area contributed by atoms with Crippen molar-refractivity contribution < 1.29 is 0 Å². The zero-order valence-electron chi connectivity index (χ0n) is 26.3. The van der Waals surface area contributed by atoms with Gasteiger partial charge in [-0.25, -0.2) is 0 Å². The Morgan fingerprint density at radius 1 is 0.188 bits per heavy atom. The highest BCUT2D eigenvalue weighted by molar-refractivity contribution is 6.17. The second-order valence-electron chi connectivity index (χ2n) is 12.9. The summed E-state index contributed by atoms with van der Waals surface area (Å²) in [5.74, 6) is 0. The Morgan fingerprint density at radius 2 is 0.542 bits per heavy atom. The lowest BCUT2D eigenvalue weighted by atomic mass is 9.86. The second kappa shape index (κ2) is 10.7. The molecule has 0 spiro atoms. The molecule has 0 bridgehead atoms. The number of hydrogen-bond acceptors (Lipinski definition) is 0. The van der Waals surface area contributed by atoms with Gasteiger partial charge < -0.3 is 0 Å². The minimum Gasteiger partial charge on any atom is -0.0616 e. The monoisotopic (exact) mass is 606 g/mol. The van der Waals surface area contributed by atoms with Crippen molar-refractivity contribution in [2.75, 3.05) is 0 Å². The fraction of sp³-hybridized carbons (Fsp3) is 0. The summed E-state index contributed by atoms with van der Waals surface area (Å²) >= 11 is 0. The van der Waals surface area contributed by atoms with Crippen LogP contribution in [0.25, 0.3) is 98.0 Å². The third-order valence-electron chi connectivity index (χ3n) is 10.2. The van der Waals surface area contributed by atoms with E-state index in [-0.39, 0.29) is 0 Å². The zero-order valence-corrected chi connectivity index (χ0v) is 26.3. The Morgan fingerprint density at radius 3 is 1.06 bits per heavy atom. The van der Waals surface area contributed by atoms with Gasteiger partial charge in [-0.05, 0) is 128 Å². The maximum absolute atomic E-state index is 2.41. The van der Waals surface area contributed by atoms with Crippen LogP contribution in [-0.4, -0.2) is 0 Å². The van der Waals surface area contributed by atoms with E-state index in [4.69, 9.17) is 0 Å². The zero-order chi connectivity index (χ0) is 31.6. The highest BCUT2D eigenvalue weighted by Crippen LogP contribution is 2.43. The molecule has 0 saturated heterocycles. The SMILES string of the molecule is c1ccc2c(c1)ccc1c(-c3cc(-c4cc5ccccc5c5ccccc45)cc(-c4cc5ccccc5c5ccccc45)c3)cccc12. The van der Waals surface area contributed by atoms with Gasteiger partial charge in [0.2, 0.25) is 0 Å². The van der Waals surface area contributed by atoms with Crippen molar-refractivity contribution in [3.8, 4) is 33.4 Å². The quantitative estimate of drug-likeness (QED) is 0.176. The number of fused-ring (bicyclic) bond motifs is 9. The standard InChI is InChI=1S/C48H30/c1-4-15-37-31(12-1)24-25-46-40(22-11-23-43(37)46)34-26-35(47-29-32-13-2-5-16-38(32)41-18-7-9-20-44(41)47)28-36(27-34)48-30-33-14-3-6-17-39(33)42-19-8-10-21-45(42)48/h1-30H. The molecule has 10 aromatic rings. The van der Waals surface area contributed by atoms with Crippen molar-refractivity contribution in [2.45, 2.75) is 0 Å². The van der Waals surface area contributed by atoms with E-state index in [0.717, 1.165) is 0 Å². The Kier molecular flexibility index (Phi) is 5.98. The first-order chi connectivity index (χ1) is 23.8. The molecule has 0 aliphatic rings. The molecule has 0 saturated carbocycles. The van der Waals surface area contributed by atoms with Gasteiger partial charge in [0.1, 0.15) is 0 Å². The van der Waals surface area contributed by atoms with Crippen molar-refractivity contribution in [3.63, 3.8) is 0 Å². The first kappa shape index (κ1) is 26.9. The van der Waals surface area contributed by atoms with E-state index < -0.39 is 0 Å². The van der Waals surface area contributed by atoms with Gasteiger partial charge in [0, 0.05) is 0 Å². The fourth-order valence-electron chi connectivity index (χ4n) is 7.97.